The Morgan fingerprint density at radius 2 is 1.90 bits per heavy atom. The summed E-state index contributed by atoms with van der Waals surface area (Å²) >= 11 is 0. The van der Waals surface area contributed by atoms with Crippen LogP contribution in [0.1, 0.15) is 20.3 Å². The van der Waals surface area contributed by atoms with Crippen LogP contribution < -0.4 is 5.32 Å². The first kappa shape index (κ1) is 9.75. The van der Waals surface area contributed by atoms with Crippen LogP contribution in [0.2, 0.25) is 0 Å². The average Bonchev–Trinajstić information content (AvgIpc) is 1.80. The molecule has 0 bridgehead atoms. The highest BCUT2D eigenvalue weighted by Gasteiger charge is 2.34. The minimum atomic E-state index is -4.10. The summed E-state index contributed by atoms with van der Waals surface area (Å²) in [6, 6.07) is -1.38. The van der Waals surface area contributed by atoms with Gasteiger partial charge >= 0.3 is 6.18 Å². The molecule has 0 radical (unpaired) electrons. The van der Waals surface area contributed by atoms with Crippen LogP contribution >= 0.6 is 0 Å². The fourth-order valence-electron chi connectivity index (χ4n) is 0.477. The molecule has 0 amide bonds. The van der Waals surface area contributed by atoms with Crippen molar-refractivity contribution in [2.45, 2.75) is 32.5 Å². The summed E-state index contributed by atoms with van der Waals surface area (Å²) in [4.78, 5) is 0. The number of rotatable bonds is 3. The molecule has 1 unspecified atom stereocenters. The van der Waals surface area contributed by atoms with Crippen molar-refractivity contribution in [3.63, 3.8) is 0 Å². The van der Waals surface area contributed by atoms with E-state index in [1.54, 1.807) is 0 Å². The van der Waals surface area contributed by atoms with Gasteiger partial charge in [0.15, 0.2) is 0 Å². The van der Waals surface area contributed by atoms with Crippen molar-refractivity contribution >= 4 is 0 Å². The van der Waals surface area contributed by atoms with Crippen LogP contribution in [0.15, 0.2) is 0 Å². The molecule has 0 aliphatic heterocycles. The second kappa shape index (κ2) is 3.81. The third-order valence-electron chi connectivity index (χ3n) is 1.19. The normalized spacial score (nSPS) is 15.3. The van der Waals surface area contributed by atoms with E-state index in [0.717, 1.165) is 13.3 Å². The van der Waals surface area contributed by atoms with Gasteiger partial charge in [0.2, 0.25) is 0 Å². The SMILES string of the molecule is CCCNC(C)C(F)(F)F. The summed E-state index contributed by atoms with van der Waals surface area (Å²) in [7, 11) is 0. The summed E-state index contributed by atoms with van der Waals surface area (Å²) in [6.45, 7) is 3.37. The van der Waals surface area contributed by atoms with Crippen molar-refractivity contribution in [1.29, 1.82) is 0 Å². The molecule has 0 aromatic rings. The molecule has 0 rings (SSSR count). The Bertz CT molecular complexity index is 89.5. The number of nitrogens with one attached hydrogen (secondary N) is 1. The molecule has 0 heterocycles. The predicted octanol–water partition coefficient (Wildman–Crippen LogP) is 1.94. The zero-order chi connectivity index (χ0) is 8.20. The van der Waals surface area contributed by atoms with Gasteiger partial charge in [-0.15, -0.1) is 0 Å². The zero-order valence-corrected chi connectivity index (χ0v) is 6.13. The maximum absolute atomic E-state index is 11.7. The van der Waals surface area contributed by atoms with Gasteiger partial charge in [-0.3, -0.25) is 0 Å². The topological polar surface area (TPSA) is 12.0 Å². The average molecular weight is 155 g/mol. The minimum absolute atomic E-state index is 0.417. The smallest absolute Gasteiger partial charge is 0.306 e. The Balaban J connectivity index is 3.52. The lowest BCUT2D eigenvalue weighted by Crippen LogP contribution is -2.39. The lowest BCUT2D eigenvalue weighted by Gasteiger charge is -2.16. The highest BCUT2D eigenvalue weighted by atomic mass is 19.4. The fraction of sp³-hybridized carbons (Fsp3) is 1.00. The molecule has 1 nitrogen and oxygen atoms in total. The summed E-state index contributed by atoms with van der Waals surface area (Å²) in [6.07, 6.45) is -3.38. The monoisotopic (exact) mass is 155 g/mol. The van der Waals surface area contributed by atoms with E-state index < -0.39 is 12.2 Å². The largest absolute Gasteiger partial charge is 0.403 e. The number of hydrogen-bond acceptors (Lipinski definition) is 1. The Hall–Kier alpha value is -0.250. The predicted molar refractivity (Wildman–Crippen MR) is 33.8 cm³/mol. The van der Waals surface area contributed by atoms with Crippen molar-refractivity contribution < 1.29 is 13.2 Å². The molecule has 0 saturated heterocycles. The summed E-state index contributed by atoms with van der Waals surface area (Å²) in [5, 5.41) is 2.35. The number of alkyl halides is 3. The van der Waals surface area contributed by atoms with E-state index in [1.165, 1.54) is 0 Å². The molecule has 0 aromatic heterocycles. The standard InChI is InChI=1S/C6H12F3N/c1-3-4-10-5(2)6(7,8)9/h5,10H,3-4H2,1-2H3. The van der Waals surface area contributed by atoms with Crippen LogP contribution in [0, 0.1) is 0 Å². The molecule has 62 valence electrons. The molecule has 0 aromatic carbocycles. The Morgan fingerprint density at radius 3 is 2.20 bits per heavy atom. The third kappa shape index (κ3) is 3.71. The van der Waals surface area contributed by atoms with Crippen LogP contribution in [0.5, 0.6) is 0 Å². The molecule has 0 aliphatic rings. The minimum Gasteiger partial charge on any atom is -0.306 e. The lowest BCUT2D eigenvalue weighted by atomic mass is 10.3. The molecule has 0 fully saturated rings. The van der Waals surface area contributed by atoms with Crippen molar-refractivity contribution in [2.24, 2.45) is 0 Å². The van der Waals surface area contributed by atoms with Gasteiger partial charge in [0, 0.05) is 0 Å². The Labute approximate surface area is 58.6 Å². The number of halogens is 3. The van der Waals surface area contributed by atoms with Gasteiger partial charge in [0.25, 0.3) is 0 Å². The van der Waals surface area contributed by atoms with Gasteiger partial charge in [-0.05, 0) is 19.9 Å². The second-order valence-corrected chi connectivity index (χ2v) is 2.22. The molecular formula is C6H12F3N. The van der Waals surface area contributed by atoms with E-state index in [2.05, 4.69) is 5.32 Å². The quantitative estimate of drug-likeness (QED) is 0.656. The van der Waals surface area contributed by atoms with Gasteiger partial charge in [0.05, 0.1) is 0 Å². The summed E-state index contributed by atoms with van der Waals surface area (Å²) in [5.41, 5.74) is 0. The molecule has 1 N–H and O–H groups in total. The summed E-state index contributed by atoms with van der Waals surface area (Å²) in [5.74, 6) is 0. The van der Waals surface area contributed by atoms with Gasteiger partial charge in [-0.25, -0.2) is 0 Å². The van der Waals surface area contributed by atoms with Crippen molar-refractivity contribution in [1.82, 2.24) is 5.32 Å². The van der Waals surface area contributed by atoms with Gasteiger partial charge in [-0.2, -0.15) is 13.2 Å². The van der Waals surface area contributed by atoms with Crippen molar-refractivity contribution in [3.05, 3.63) is 0 Å². The highest BCUT2D eigenvalue weighted by molar-refractivity contribution is 4.68. The maximum atomic E-state index is 11.7. The molecular weight excluding hydrogens is 143 g/mol. The van der Waals surface area contributed by atoms with Gasteiger partial charge in [0.1, 0.15) is 6.04 Å². The van der Waals surface area contributed by atoms with E-state index in [0.29, 0.717) is 6.54 Å². The Morgan fingerprint density at radius 1 is 1.40 bits per heavy atom. The molecule has 0 aliphatic carbocycles. The van der Waals surface area contributed by atoms with Crippen LogP contribution in [0.4, 0.5) is 13.2 Å². The van der Waals surface area contributed by atoms with E-state index >= 15 is 0 Å². The van der Waals surface area contributed by atoms with E-state index in [1.807, 2.05) is 6.92 Å². The zero-order valence-electron chi connectivity index (χ0n) is 6.13. The fourth-order valence-corrected chi connectivity index (χ4v) is 0.477. The van der Waals surface area contributed by atoms with Crippen LogP contribution in [0.25, 0.3) is 0 Å². The van der Waals surface area contributed by atoms with Gasteiger partial charge in [-0.1, -0.05) is 6.92 Å². The molecule has 10 heavy (non-hydrogen) atoms. The Kier molecular flexibility index (Phi) is 3.71. The summed E-state index contributed by atoms with van der Waals surface area (Å²) < 4.78 is 35.1. The van der Waals surface area contributed by atoms with E-state index in [9.17, 15) is 13.2 Å². The molecule has 4 heteroatoms. The first-order valence-electron chi connectivity index (χ1n) is 3.28. The van der Waals surface area contributed by atoms with Gasteiger partial charge < -0.3 is 5.32 Å². The van der Waals surface area contributed by atoms with E-state index in [-0.39, 0.29) is 0 Å². The molecule has 1 atom stereocenters. The lowest BCUT2D eigenvalue weighted by molar-refractivity contribution is -0.151. The second-order valence-electron chi connectivity index (χ2n) is 2.22. The van der Waals surface area contributed by atoms with Crippen LogP contribution in [-0.4, -0.2) is 18.8 Å². The first-order chi connectivity index (χ1) is 4.48. The van der Waals surface area contributed by atoms with Crippen LogP contribution in [0.3, 0.4) is 0 Å². The van der Waals surface area contributed by atoms with Crippen molar-refractivity contribution in [3.8, 4) is 0 Å². The first-order valence-corrected chi connectivity index (χ1v) is 3.28. The maximum Gasteiger partial charge on any atom is 0.403 e. The third-order valence-corrected chi connectivity index (χ3v) is 1.19. The molecule has 0 saturated carbocycles. The van der Waals surface area contributed by atoms with Crippen molar-refractivity contribution in [2.75, 3.05) is 6.54 Å². The number of hydrogen-bond donors (Lipinski definition) is 1. The highest BCUT2D eigenvalue weighted by Crippen LogP contribution is 2.19. The van der Waals surface area contributed by atoms with Crippen LogP contribution in [-0.2, 0) is 0 Å². The molecule has 0 spiro atoms. The van der Waals surface area contributed by atoms with E-state index in [4.69, 9.17) is 0 Å².